The number of halogens is 1. The number of fused-ring (bicyclic) bond motifs is 2. The van der Waals surface area contributed by atoms with Crippen LogP contribution in [0.5, 0.6) is 0 Å². The summed E-state index contributed by atoms with van der Waals surface area (Å²) >= 11 is 0. The second-order valence-electron chi connectivity index (χ2n) is 8.70. The molecule has 0 aliphatic carbocycles. The zero-order chi connectivity index (χ0) is 20.6. The molecule has 3 N–H and O–H groups in total. The van der Waals surface area contributed by atoms with E-state index in [1.807, 2.05) is 6.07 Å². The van der Waals surface area contributed by atoms with Crippen LogP contribution in [0.3, 0.4) is 0 Å². The smallest absolute Gasteiger partial charge is 0.131 e. The fourth-order valence-electron chi connectivity index (χ4n) is 3.93. The number of hydrogen-bond acceptors (Lipinski definition) is 4. The van der Waals surface area contributed by atoms with Gasteiger partial charge in [-0.25, -0.2) is 9.37 Å². The molecule has 4 rings (SSSR count). The highest BCUT2D eigenvalue weighted by Gasteiger charge is 2.21. The van der Waals surface area contributed by atoms with Gasteiger partial charge >= 0.3 is 0 Å². The van der Waals surface area contributed by atoms with E-state index in [0.717, 1.165) is 47.4 Å². The van der Waals surface area contributed by atoms with Crippen LogP contribution in [-0.4, -0.2) is 23.6 Å². The van der Waals surface area contributed by atoms with E-state index in [1.54, 1.807) is 12.1 Å². The largest absolute Gasteiger partial charge is 0.378 e. The molecule has 0 fully saturated rings. The van der Waals surface area contributed by atoms with Crippen molar-refractivity contribution in [2.45, 2.75) is 45.7 Å². The molecule has 0 spiro atoms. The molecule has 0 amide bonds. The van der Waals surface area contributed by atoms with Crippen LogP contribution in [0.15, 0.2) is 42.5 Å². The molecule has 0 atom stereocenters. The van der Waals surface area contributed by atoms with Crippen LogP contribution in [0, 0.1) is 12.7 Å². The van der Waals surface area contributed by atoms with Crippen molar-refractivity contribution in [3.05, 3.63) is 65.0 Å². The third kappa shape index (κ3) is 4.20. The van der Waals surface area contributed by atoms with Crippen LogP contribution in [0.1, 0.15) is 37.0 Å². The third-order valence-corrected chi connectivity index (χ3v) is 5.66. The summed E-state index contributed by atoms with van der Waals surface area (Å²) < 4.78 is 13.8. The second kappa shape index (κ2) is 7.64. The predicted molar refractivity (Wildman–Crippen MR) is 119 cm³/mol. The minimum atomic E-state index is -0.232. The molecule has 1 aromatic heterocycles. The van der Waals surface area contributed by atoms with Crippen LogP contribution in [0.2, 0.25) is 0 Å². The number of nitrogens with zero attached hydrogens (tertiary/aromatic N) is 2. The fraction of sp³-hybridized carbons (Fsp3) is 0.375. The number of aryl methyl sites for hydroxylation is 2. The molecule has 29 heavy (non-hydrogen) atoms. The average Bonchev–Trinajstić information content (AvgIpc) is 2.90. The Hall–Kier alpha value is -2.66. The lowest BCUT2D eigenvalue weighted by molar-refractivity contribution is 0.581. The van der Waals surface area contributed by atoms with Gasteiger partial charge in [-0.2, -0.15) is 0 Å². The van der Waals surface area contributed by atoms with E-state index >= 15 is 0 Å². The first-order valence-corrected chi connectivity index (χ1v) is 10.3. The second-order valence-corrected chi connectivity index (χ2v) is 8.70. The highest BCUT2D eigenvalue weighted by molar-refractivity contribution is 5.94. The number of benzene rings is 2. The van der Waals surface area contributed by atoms with Gasteiger partial charge < -0.3 is 16.0 Å². The summed E-state index contributed by atoms with van der Waals surface area (Å²) in [6.07, 6.45) is 1.98. The third-order valence-electron chi connectivity index (χ3n) is 5.66. The number of hydrogen-bond donors (Lipinski definition) is 2. The van der Waals surface area contributed by atoms with E-state index in [-0.39, 0.29) is 11.4 Å². The van der Waals surface area contributed by atoms with Gasteiger partial charge in [0.05, 0.1) is 5.52 Å². The van der Waals surface area contributed by atoms with Gasteiger partial charge in [-0.1, -0.05) is 17.7 Å². The summed E-state index contributed by atoms with van der Waals surface area (Å²) in [4.78, 5) is 7.21. The van der Waals surface area contributed by atoms with Gasteiger partial charge in [-0.3, -0.25) is 0 Å². The van der Waals surface area contributed by atoms with Gasteiger partial charge in [0.25, 0.3) is 0 Å². The molecule has 1 aliphatic heterocycles. The molecular weight excluding hydrogens is 363 g/mol. The first-order chi connectivity index (χ1) is 13.8. The lowest BCUT2D eigenvalue weighted by Crippen LogP contribution is -2.39. The molecule has 2 heterocycles. The zero-order valence-electron chi connectivity index (χ0n) is 17.4. The molecule has 0 unspecified atom stereocenters. The molecule has 152 valence electrons. The highest BCUT2D eigenvalue weighted by atomic mass is 19.1. The quantitative estimate of drug-likeness (QED) is 0.671. The number of anilines is 2. The van der Waals surface area contributed by atoms with Gasteiger partial charge in [0.15, 0.2) is 0 Å². The summed E-state index contributed by atoms with van der Waals surface area (Å²) in [5, 5.41) is 4.70. The monoisotopic (exact) mass is 392 g/mol. The molecule has 5 heteroatoms. The molecule has 2 aromatic carbocycles. The van der Waals surface area contributed by atoms with Gasteiger partial charge in [0, 0.05) is 42.3 Å². The number of nitrogens with one attached hydrogen (secondary N) is 1. The van der Waals surface area contributed by atoms with Crippen molar-refractivity contribution in [2.24, 2.45) is 5.73 Å². The lowest BCUT2D eigenvalue weighted by atomic mass is 10.0. The summed E-state index contributed by atoms with van der Waals surface area (Å²) in [6, 6.07) is 13.6. The van der Waals surface area contributed by atoms with Crippen LogP contribution < -0.4 is 16.0 Å². The first kappa shape index (κ1) is 19.6. The Bertz CT molecular complexity index is 1040. The van der Waals surface area contributed by atoms with E-state index < -0.39 is 0 Å². The van der Waals surface area contributed by atoms with E-state index in [9.17, 15) is 4.39 Å². The van der Waals surface area contributed by atoms with E-state index in [1.165, 1.54) is 11.1 Å². The molecule has 1 aliphatic rings. The summed E-state index contributed by atoms with van der Waals surface area (Å²) in [5.41, 5.74) is 11.2. The van der Waals surface area contributed by atoms with Crippen molar-refractivity contribution in [3.8, 4) is 0 Å². The Morgan fingerprint density at radius 2 is 1.97 bits per heavy atom. The summed E-state index contributed by atoms with van der Waals surface area (Å²) in [5.74, 6) is 0.730. The Morgan fingerprint density at radius 3 is 2.76 bits per heavy atom. The number of aromatic nitrogens is 1. The van der Waals surface area contributed by atoms with Crippen LogP contribution in [0.4, 0.5) is 15.9 Å². The minimum absolute atomic E-state index is 0.181. The first-order valence-electron chi connectivity index (χ1n) is 10.3. The molecule has 0 saturated carbocycles. The Morgan fingerprint density at radius 1 is 1.14 bits per heavy atom. The number of pyridine rings is 1. The SMILES string of the molecule is Cc1ccc2nc(N3CCCc4ccc(F)cc4C3)cc(NC(C)(C)CN)c2c1. The van der Waals surface area contributed by atoms with Gasteiger partial charge in [0.2, 0.25) is 0 Å². The van der Waals surface area contributed by atoms with Gasteiger partial charge in [0.1, 0.15) is 11.6 Å². The van der Waals surface area contributed by atoms with Crippen molar-refractivity contribution in [1.29, 1.82) is 0 Å². The molecular formula is C24H29FN4. The Kier molecular flexibility index (Phi) is 5.17. The van der Waals surface area contributed by atoms with Crippen molar-refractivity contribution in [3.63, 3.8) is 0 Å². The average molecular weight is 393 g/mol. The fourth-order valence-corrected chi connectivity index (χ4v) is 3.93. The lowest BCUT2D eigenvalue weighted by Gasteiger charge is -2.29. The minimum Gasteiger partial charge on any atom is -0.378 e. The molecule has 0 saturated heterocycles. The Labute approximate surface area is 171 Å². The van der Waals surface area contributed by atoms with E-state index in [4.69, 9.17) is 10.7 Å². The van der Waals surface area contributed by atoms with E-state index in [0.29, 0.717) is 13.1 Å². The molecule has 4 nitrogen and oxygen atoms in total. The molecule has 3 aromatic rings. The zero-order valence-corrected chi connectivity index (χ0v) is 17.4. The summed E-state index contributed by atoms with van der Waals surface area (Å²) in [7, 11) is 0. The standard InChI is InChI=1S/C24H29FN4/c1-16-6-9-21-20(11-16)22(28-24(2,3)15-26)13-23(27-21)29-10-4-5-17-7-8-19(25)12-18(17)14-29/h6-9,11-13H,4-5,10,14-15,26H2,1-3H3,(H,27,28). The predicted octanol–water partition coefficient (Wildman–Crippen LogP) is 4.78. The van der Waals surface area contributed by atoms with Crippen LogP contribution >= 0.6 is 0 Å². The number of rotatable bonds is 4. The highest BCUT2D eigenvalue weighted by Crippen LogP contribution is 2.32. The van der Waals surface area contributed by atoms with Crippen LogP contribution in [-0.2, 0) is 13.0 Å². The maximum Gasteiger partial charge on any atom is 0.131 e. The van der Waals surface area contributed by atoms with Gasteiger partial charge in [-0.15, -0.1) is 0 Å². The van der Waals surface area contributed by atoms with Crippen molar-refractivity contribution >= 4 is 22.4 Å². The topological polar surface area (TPSA) is 54.2 Å². The maximum atomic E-state index is 13.8. The summed E-state index contributed by atoms with van der Waals surface area (Å²) in [6.45, 7) is 8.36. The van der Waals surface area contributed by atoms with Crippen LogP contribution in [0.25, 0.3) is 10.9 Å². The van der Waals surface area contributed by atoms with Crippen molar-refractivity contribution in [1.82, 2.24) is 4.98 Å². The number of nitrogens with two attached hydrogens (primary N) is 1. The molecule has 0 bridgehead atoms. The molecule has 0 radical (unpaired) electrons. The van der Waals surface area contributed by atoms with E-state index in [2.05, 4.69) is 55.3 Å². The maximum absolute atomic E-state index is 13.8. The normalized spacial score (nSPS) is 14.6. The Balaban J connectivity index is 1.78. The van der Waals surface area contributed by atoms with Gasteiger partial charge in [-0.05, 0) is 69.0 Å². The van der Waals surface area contributed by atoms with Crippen molar-refractivity contribution < 1.29 is 4.39 Å². The van der Waals surface area contributed by atoms with Crippen molar-refractivity contribution in [2.75, 3.05) is 23.3 Å².